The summed E-state index contributed by atoms with van der Waals surface area (Å²) in [5, 5.41) is 9.72. The summed E-state index contributed by atoms with van der Waals surface area (Å²) in [7, 11) is 0. The summed E-state index contributed by atoms with van der Waals surface area (Å²) in [5.41, 5.74) is 1.57. The summed E-state index contributed by atoms with van der Waals surface area (Å²) in [6.07, 6.45) is 2.04. The molecule has 3 rings (SSSR count). The van der Waals surface area contributed by atoms with Gasteiger partial charge in [0.05, 0.1) is 10.7 Å². The fourth-order valence-corrected chi connectivity index (χ4v) is 2.22. The van der Waals surface area contributed by atoms with Crippen molar-refractivity contribution in [3.8, 4) is 11.4 Å². The molecule has 0 spiro atoms. The van der Waals surface area contributed by atoms with Gasteiger partial charge in [-0.05, 0) is 25.0 Å². The van der Waals surface area contributed by atoms with Crippen molar-refractivity contribution in [2.24, 2.45) is 0 Å². The van der Waals surface area contributed by atoms with Crippen molar-refractivity contribution in [3.63, 3.8) is 0 Å². The molecule has 5 heteroatoms. The van der Waals surface area contributed by atoms with Gasteiger partial charge in [0, 0.05) is 11.5 Å². The number of imidazole rings is 1. The third kappa shape index (κ3) is 1.88. The SMILES string of the molecule is O=C(O)c1nc(-c2ccccc2Cl)[nH]c1C1CC1. The van der Waals surface area contributed by atoms with Gasteiger partial charge in [-0.3, -0.25) is 0 Å². The Balaban J connectivity index is 2.11. The molecule has 0 atom stereocenters. The van der Waals surface area contributed by atoms with E-state index >= 15 is 0 Å². The Hall–Kier alpha value is -1.81. The largest absolute Gasteiger partial charge is 0.476 e. The first kappa shape index (κ1) is 11.3. The maximum Gasteiger partial charge on any atom is 0.356 e. The highest BCUT2D eigenvalue weighted by Gasteiger charge is 2.31. The van der Waals surface area contributed by atoms with E-state index < -0.39 is 5.97 Å². The van der Waals surface area contributed by atoms with Crippen LogP contribution in [0.5, 0.6) is 0 Å². The lowest BCUT2D eigenvalue weighted by Crippen LogP contribution is -2.00. The molecule has 2 aromatic rings. The van der Waals surface area contributed by atoms with E-state index in [1.807, 2.05) is 18.2 Å². The van der Waals surface area contributed by atoms with Gasteiger partial charge in [-0.2, -0.15) is 0 Å². The van der Waals surface area contributed by atoms with E-state index in [0.29, 0.717) is 16.8 Å². The minimum absolute atomic E-state index is 0.118. The number of aromatic amines is 1. The number of carboxylic acid groups (broad SMARTS) is 1. The number of hydrogen-bond donors (Lipinski definition) is 2. The number of hydrogen-bond acceptors (Lipinski definition) is 2. The van der Waals surface area contributed by atoms with Gasteiger partial charge in [0.2, 0.25) is 0 Å². The van der Waals surface area contributed by atoms with Crippen molar-refractivity contribution in [1.82, 2.24) is 9.97 Å². The molecule has 1 saturated carbocycles. The molecule has 0 amide bonds. The number of halogens is 1. The van der Waals surface area contributed by atoms with Crippen molar-refractivity contribution < 1.29 is 9.90 Å². The van der Waals surface area contributed by atoms with Crippen LogP contribution >= 0.6 is 11.6 Å². The molecule has 1 aliphatic carbocycles. The van der Waals surface area contributed by atoms with E-state index in [1.165, 1.54) is 0 Å². The molecule has 1 aliphatic rings. The summed E-state index contributed by atoms with van der Waals surface area (Å²) >= 11 is 6.09. The Morgan fingerprint density at radius 2 is 2.11 bits per heavy atom. The van der Waals surface area contributed by atoms with Crippen LogP contribution < -0.4 is 0 Å². The van der Waals surface area contributed by atoms with Crippen LogP contribution in [0.4, 0.5) is 0 Å². The van der Waals surface area contributed by atoms with E-state index in [2.05, 4.69) is 9.97 Å². The first-order chi connectivity index (χ1) is 8.66. The lowest BCUT2D eigenvalue weighted by molar-refractivity contribution is 0.0690. The van der Waals surface area contributed by atoms with Gasteiger partial charge in [-0.15, -0.1) is 0 Å². The van der Waals surface area contributed by atoms with Gasteiger partial charge in [-0.1, -0.05) is 23.7 Å². The quantitative estimate of drug-likeness (QED) is 0.892. The Labute approximate surface area is 109 Å². The van der Waals surface area contributed by atoms with Crippen LogP contribution in [0.25, 0.3) is 11.4 Å². The number of rotatable bonds is 3. The third-order valence-electron chi connectivity index (χ3n) is 3.05. The molecular weight excluding hydrogens is 252 g/mol. The zero-order chi connectivity index (χ0) is 12.7. The predicted molar refractivity (Wildman–Crippen MR) is 68.0 cm³/mol. The predicted octanol–water partition coefficient (Wildman–Crippen LogP) is 3.31. The number of benzene rings is 1. The molecule has 1 heterocycles. The molecule has 92 valence electrons. The van der Waals surface area contributed by atoms with Crippen molar-refractivity contribution in [2.45, 2.75) is 18.8 Å². The molecule has 0 aliphatic heterocycles. The van der Waals surface area contributed by atoms with Gasteiger partial charge in [0.1, 0.15) is 5.82 Å². The molecule has 1 aromatic carbocycles. The lowest BCUT2D eigenvalue weighted by Gasteiger charge is -1.98. The highest BCUT2D eigenvalue weighted by atomic mass is 35.5. The molecule has 2 N–H and O–H groups in total. The Morgan fingerprint density at radius 1 is 1.39 bits per heavy atom. The number of aromatic nitrogens is 2. The van der Waals surface area contributed by atoms with Gasteiger partial charge in [0.25, 0.3) is 0 Å². The minimum atomic E-state index is -0.994. The van der Waals surface area contributed by atoms with Crippen molar-refractivity contribution >= 4 is 17.6 Å². The maximum atomic E-state index is 11.2. The molecule has 1 fully saturated rings. The Bertz CT molecular complexity index is 617. The van der Waals surface area contributed by atoms with Crippen molar-refractivity contribution in [3.05, 3.63) is 40.7 Å². The van der Waals surface area contributed by atoms with E-state index in [9.17, 15) is 4.79 Å². The van der Waals surface area contributed by atoms with Gasteiger partial charge in [-0.25, -0.2) is 9.78 Å². The van der Waals surface area contributed by atoms with Crippen LogP contribution in [0.3, 0.4) is 0 Å². The number of nitrogens with one attached hydrogen (secondary N) is 1. The van der Waals surface area contributed by atoms with Crippen molar-refractivity contribution in [2.75, 3.05) is 0 Å². The lowest BCUT2D eigenvalue weighted by atomic mass is 10.2. The maximum absolute atomic E-state index is 11.2. The van der Waals surface area contributed by atoms with Crippen LogP contribution in [0, 0.1) is 0 Å². The fraction of sp³-hybridized carbons (Fsp3) is 0.231. The Morgan fingerprint density at radius 3 is 2.72 bits per heavy atom. The fourth-order valence-electron chi connectivity index (χ4n) is 2.00. The monoisotopic (exact) mass is 262 g/mol. The third-order valence-corrected chi connectivity index (χ3v) is 3.38. The van der Waals surface area contributed by atoms with Crippen LogP contribution in [0.1, 0.15) is 34.9 Å². The summed E-state index contributed by atoms with van der Waals surface area (Å²) in [5.74, 6) is -0.161. The zero-order valence-electron chi connectivity index (χ0n) is 9.48. The highest BCUT2D eigenvalue weighted by molar-refractivity contribution is 6.33. The normalized spacial score (nSPS) is 14.7. The number of aromatic carboxylic acids is 1. The van der Waals surface area contributed by atoms with Gasteiger partial charge >= 0.3 is 5.97 Å². The smallest absolute Gasteiger partial charge is 0.356 e. The topological polar surface area (TPSA) is 66.0 Å². The van der Waals surface area contributed by atoms with Crippen LogP contribution in [-0.4, -0.2) is 21.0 Å². The minimum Gasteiger partial charge on any atom is -0.476 e. The highest BCUT2D eigenvalue weighted by Crippen LogP contribution is 2.41. The number of carbonyl (C=O) groups is 1. The molecular formula is C13H11ClN2O2. The summed E-state index contributed by atoms with van der Waals surface area (Å²) in [4.78, 5) is 18.4. The van der Waals surface area contributed by atoms with E-state index in [-0.39, 0.29) is 5.69 Å². The first-order valence-corrected chi connectivity index (χ1v) is 6.12. The molecule has 0 saturated heterocycles. The molecule has 18 heavy (non-hydrogen) atoms. The second-order valence-electron chi connectivity index (χ2n) is 4.41. The summed E-state index contributed by atoms with van der Waals surface area (Å²) in [6.45, 7) is 0. The molecule has 0 bridgehead atoms. The van der Waals surface area contributed by atoms with E-state index in [0.717, 1.165) is 24.1 Å². The number of H-pyrrole nitrogens is 1. The standard InChI is InChI=1S/C13H11ClN2O2/c14-9-4-2-1-3-8(9)12-15-10(7-5-6-7)11(16-12)13(17)18/h1-4,7H,5-6H2,(H,15,16)(H,17,18). The van der Waals surface area contributed by atoms with Crippen molar-refractivity contribution in [1.29, 1.82) is 0 Å². The van der Waals surface area contributed by atoms with Gasteiger partial charge < -0.3 is 10.1 Å². The van der Waals surface area contributed by atoms with E-state index in [1.54, 1.807) is 6.07 Å². The van der Waals surface area contributed by atoms with Crippen LogP contribution in [0.15, 0.2) is 24.3 Å². The summed E-state index contributed by atoms with van der Waals surface area (Å²) in [6, 6.07) is 7.26. The molecule has 0 radical (unpaired) electrons. The molecule has 4 nitrogen and oxygen atoms in total. The van der Waals surface area contributed by atoms with Crippen LogP contribution in [0.2, 0.25) is 5.02 Å². The van der Waals surface area contributed by atoms with Crippen LogP contribution in [-0.2, 0) is 0 Å². The summed E-state index contributed by atoms with van der Waals surface area (Å²) < 4.78 is 0. The number of nitrogens with zero attached hydrogens (tertiary/aromatic N) is 1. The van der Waals surface area contributed by atoms with Gasteiger partial charge in [0.15, 0.2) is 5.69 Å². The zero-order valence-corrected chi connectivity index (χ0v) is 10.2. The molecule has 0 unspecified atom stereocenters. The van der Waals surface area contributed by atoms with E-state index in [4.69, 9.17) is 16.7 Å². The average Bonchev–Trinajstić information content (AvgIpc) is 3.09. The number of carboxylic acids is 1. The molecule has 1 aromatic heterocycles. The second kappa shape index (κ2) is 4.14. The second-order valence-corrected chi connectivity index (χ2v) is 4.81. The average molecular weight is 263 g/mol. The Kier molecular flexibility index (Phi) is 2.59. The first-order valence-electron chi connectivity index (χ1n) is 5.75.